The van der Waals surface area contributed by atoms with Crippen LogP contribution in [0.4, 0.5) is 0 Å². The van der Waals surface area contributed by atoms with E-state index in [1.165, 1.54) is 0 Å². The molecule has 2 atom stereocenters. The van der Waals surface area contributed by atoms with Crippen LogP contribution in [0.1, 0.15) is 16.9 Å². The number of amides is 1. The molecule has 0 bridgehead atoms. The van der Waals surface area contributed by atoms with Gasteiger partial charge in [0.15, 0.2) is 0 Å². The molecule has 1 aromatic carbocycles. The van der Waals surface area contributed by atoms with Crippen LogP contribution in [-0.4, -0.2) is 23.7 Å². The molecule has 1 aliphatic carbocycles. The van der Waals surface area contributed by atoms with Gasteiger partial charge in [-0.05, 0) is 24.5 Å². The SMILES string of the molecule is O=C[C@@H]1C[C@H]1CNC(=O)c1cc2ccccc2[nH]1. The number of hydrogen-bond donors (Lipinski definition) is 2. The second-order valence-electron chi connectivity index (χ2n) is 4.78. The minimum atomic E-state index is -0.109. The highest BCUT2D eigenvalue weighted by atomic mass is 16.1. The zero-order valence-electron chi connectivity index (χ0n) is 9.85. The van der Waals surface area contributed by atoms with E-state index in [2.05, 4.69) is 10.3 Å². The van der Waals surface area contributed by atoms with E-state index in [0.29, 0.717) is 18.2 Å². The standard InChI is InChI=1S/C14H14N2O2/c17-8-11-5-10(11)7-15-14(18)13-6-9-3-1-2-4-12(9)16-13/h1-4,6,8,10-11,16H,5,7H2,(H,15,18)/t10-,11-/m0/s1. The Kier molecular flexibility index (Phi) is 2.63. The molecule has 2 aromatic rings. The lowest BCUT2D eigenvalue weighted by Gasteiger charge is -2.01. The van der Waals surface area contributed by atoms with Crippen LogP contribution in [-0.2, 0) is 4.79 Å². The molecule has 0 radical (unpaired) electrons. The summed E-state index contributed by atoms with van der Waals surface area (Å²) in [5.41, 5.74) is 1.53. The number of aromatic amines is 1. The lowest BCUT2D eigenvalue weighted by atomic mass is 10.2. The van der Waals surface area contributed by atoms with Crippen LogP contribution < -0.4 is 5.32 Å². The molecular formula is C14H14N2O2. The summed E-state index contributed by atoms with van der Waals surface area (Å²) in [4.78, 5) is 25.5. The summed E-state index contributed by atoms with van der Waals surface area (Å²) in [5.74, 6) is 0.367. The quantitative estimate of drug-likeness (QED) is 0.802. The zero-order chi connectivity index (χ0) is 12.5. The normalized spacial score (nSPS) is 21.8. The van der Waals surface area contributed by atoms with Crippen LogP contribution in [0.25, 0.3) is 10.9 Å². The highest BCUT2D eigenvalue weighted by Gasteiger charge is 2.36. The van der Waals surface area contributed by atoms with Gasteiger partial charge in [-0.25, -0.2) is 0 Å². The Hall–Kier alpha value is -2.10. The van der Waals surface area contributed by atoms with Crippen LogP contribution in [0.15, 0.2) is 30.3 Å². The van der Waals surface area contributed by atoms with E-state index >= 15 is 0 Å². The van der Waals surface area contributed by atoms with Crippen molar-refractivity contribution in [3.05, 3.63) is 36.0 Å². The summed E-state index contributed by atoms with van der Waals surface area (Å²) in [6.07, 6.45) is 1.87. The van der Waals surface area contributed by atoms with Crippen molar-refractivity contribution in [2.45, 2.75) is 6.42 Å². The molecule has 18 heavy (non-hydrogen) atoms. The van der Waals surface area contributed by atoms with E-state index in [1.54, 1.807) is 0 Å². The van der Waals surface area contributed by atoms with E-state index in [4.69, 9.17) is 0 Å². The fourth-order valence-corrected chi connectivity index (χ4v) is 2.19. The van der Waals surface area contributed by atoms with Gasteiger partial charge in [-0.15, -0.1) is 0 Å². The number of carbonyl (C=O) groups is 2. The van der Waals surface area contributed by atoms with E-state index in [-0.39, 0.29) is 11.8 Å². The smallest absolute Gasteiger partial charge is 0.267 e. The predicted molar refractivity (Wildman–Crippen MR) is 68.3 cm³/mol. The lowest BCUT2D eigenvalue weighted by molar-refractivity contribution is -0.109. The molecule has 3 rings (SSSR count). The number of nitrogens with one attached hydrogen (secondary N) is 2. The highest BCUT2D eigenvalue weighted by molar-refractivity contribution is 5.98. The van der Waals surface area contributed by atoms with Gasteiger partial charge in [-0.3, -0.25) is 4.79 Å². The first-order chi connectivity index (χ1) is 8.78. The Labute approximate surface area is 104 Å². The maximum absolute atomic E-state index is 11.9. The first kappa shape index (κ1) is 11.0. The van der Waals surface area contributed by atoms with E-state index < -0.39 is 0 Å². The summed E-state index contributed by atoms with van der Waals surface area (Å²) >= 11 is 0. The number of carbonyl (C=O) groups excluding carboxylic acids is 2. The van der Waals surface area contributed by atoms with Gasteiger partial charge in [0, 0.05) is 23.4 Å². The third-order valence-electron chi connectivity index (χ3n) is 3.45. The largest absolute Gasteiger partial charge is 0.351 e. The summed E-state index contributed by atoms with van der Waals surface area (Å²) in [6, 6.07) is 9.62. The minimum Gasteiger partial charge on any atom is -0.351 e. The summed E-state index contributed by atoms with van der Waals surface area (Å²) in [7, 11) is 0. The Balaban J connectivity index is 1.66. The van der Waals surface area contributed by atoms with Crippen molar-refractivity contribution >= 4 is 23.1 Å². The Morgan fingerprint density at radius 3 is 3.00 bits per heavy atom. The highest BCUT2D eigenvalue weighted by Crippen LogP contribution is 2.35. The number of rotatable bonds is 4. The van der Waals surface area contributed by atoms with Gasteiger partial charge in [-0.1, -0.05) is 18.2 Å². The molecule has 4 nitrogen and oxygen atoms in total. The Morgan fingerprint density at radius 2 is 2.28 bits per heavy atom. The van der Waals surface area contributed by atoms with Gasteiger partial charge in [0.1, 0.15) is 12.0 Å². The third kappa shape index (κ3) is 2.01. The number of benzene rings is 1. The number of fused-ring (bicyclic) bond motifs is 1. The fraction of sp³-hybridized carbons (Fsp3) is 0.286. The minimum absolute atomic E-state index is 0.109. The molecule has 0 unspecified atom stereocenters. The number of hydrogen-bond acceptors (Lipinski definition) is 2. The average Bonchev–Trinajstić information content (AvgIpc) is 3.02. The number of aldehydes is 1. The molecule has 1 aromatic heterocycles. The van der Waals surface area contributed by atoms with Crippen LogP contribution in [0.3, 0.4) is 0 Å². The van der Waals surface area contributed by atoms with Gasteiger partial charge in [0.25, 0.3) is 5.91 Å². The summed E-state index contributed by atoms with van der Waals surface area (Å²) in [6.45, 7) is 0.581. The summed E-state index contributed by atoms with van der Waals surface area (Å²) < 4.78 is 0. The number of H-pyrrole nitrogens is 1. The van der Waals surface area contributed by atoms with Crippen LogP contribution in [0.2, 0.25) is 0 Å². The molecule has 1 fully saturated rings. The molecule has 1 heterocycles. The van der Waals surface area contributed by atoms with Gasteiger partial charge in [0.05, 0.1) is 0 Å². The first-order valence-corrected chi connectivity index (χ1v) is 6.09. The molecule has 1 saturated carbocycles. The van der Waals surface area contributed by atoms with Gasteiger partial charge in [-0.2, -0.15) is 0 Å². The second-order valence-corrected chi connectivity index (χ2v) is 4.78. The van der Waals surface area contributed by atoms with Crippen molar-refractivity contribution < 1.29 is 9.59 Å². The molecule has 92 valence electrons. The molecule has 1 aliphatic rings. The molecule has 0 aliphatic heterocycles. The van der Waals surface area contributed by atoms with E-state index in [1.807, 2.05) is 30.3 Å². The zero-order valence-corrected chi connectivity index (χ0v) is 9.85. The van der Waals surface area contributed by atoms with E-state index in [9.17, 15) is 9.59 Å². The topological polar surface area (TPSA) is 62.0 Å². The maximum atomic E-state index is 11.9. The van der Waals surface area contributed by atoms with Crippen LogP contribution in [0.5, 0.6) is 0 Å². The fourth-order valence-electron chi connectivity index (χ4n) is 2.19. The van der Waals surface area contributed by atoms with E-state index in [0.717, 1.165) is 23.6 Å². The van der Waals surface area contributed by atoms with Crippen LogP contribution >= 0.6 is 0 Å². The van der Waals surface area contributed by atoms with Gasteiger partial charge >= 0.3 is 0 Å². The van der Waals surface area contributed by atoms with Crippen molar-refractivity contribution in [2.24, 2.45) is 11.8 Å². The third-order valence-corrected chi connectivity index (χ3v) is 3.45. The second kappa shape index (κ2) is 4.29. The molecule has 0 spiro atoms. The Bertz CT molecular complexity index is 570. The van der Waals surface area contributed by atoms with Crippen molar-refractivity contribution in [3.63, 3.8) is 0 Å². The van der Waals surface area contributed by atoms with Crippen molar-refractivity contribution in [1.82, 2.24) is 10.3 Å². The average molecular weight is 242 g/mol. The molecular weight excluding hydrogens is 228 g/mol. The monoisotopic (exact) mass is 242 g/mol. The van der Waals surface area contributed by atoms with Gasteiger partial charge in [0.2, 0.25) is 0 Å². The van der Waals surface area contributed by atoms with Gasteiger partial charge < -0.3 is 15.1 Å². The predicted octanol–water partition coefficient (Wildman–Crippen LogP) is 1.73. The molecule has 4 heteroatoms. The van der Waals surface area contributed by atoms with Crippen molar-refractivity contribution in [3.8, 4) is 0 Å². The number of para-hydroxylation sites is 1. The Morgan fingerprint density at radius 1 is 1.44 bits per heavy atom. The molecule has 0 saturated heterocycles. The molecule has 2 N–H and O–H groups in total. The maximum Gasteiger partial charge on any atom is 0.267 e. The van der Waals surface area contributed by atoms with Crippen molar-refractivity contribution in [2.75, 3.05) is 6.54 Å². The number of aromatic nitrogens is 1. The summed E-state index contributed by atoms with van der Waals surface area (Å²) in [5, 5.41) is 3.88. The lowest BCUT2D eigenvalue weighted by Crippen LogP contribution is -2.26. The first-order valence-electron chi connectivity index (χ1n) is 6.09. The molecule has 1 amide bonds. The van der Waals surface area contributed by atoms with Crippen LogP contribution in [0, 0.1) is 11.8 Å². The van der Waals surface area contributed by atoms with Crippen molar-refractivity contribution in [1.29, 1.82) is 0 Å².